The quantitative estimate of drug-likeness (QED) is 0.701. The predicted molar refractivity (Wildman–Crippen MR) is 78.1 cm³/mol. The van der Waals surface area contributed by atoms with Gasteiger partial charge in [-0.1, -0.05) is 19.8 Å². The largest absolute Gasteiger partial charge is 0.480 e. The zero-order chi connectivity index (χ0) is 15.2. The number of carbonyl (C=O) groups excluding carboxylic acids is 1. The molecule has 0 spiro atoms. The number of ether oxygens (including phenoxy) is 1. The maximum absolute atomic E-state index is 12.2. The third-order valence-electron chi connectivity index (χ3n) is 4.57. The van der Waals surface area contributed by atoms with E-state index < -0.39 is 12.0 Å². The first kappa shape index (κ1) is 16.1. The van der Waals surface area contributed by atoms with Gasteiger partial charge in [0.25, 0.3) is 0 Å². The number of nitrogens with one attached hydrogen (secondary N) is 1. The van der Waals surface area contributed by atoms with E-state index in [-0.39, 0.29) is 11.9 Å². The minimum absolute atomic E-state index is 0.133. The van der Waals surface area contributed by atoms with E-state index >= 15 is 0 Å². The van der Waals surface area contributed by atoms with E-state index in [0.29, 0.717) is 32.2 Å². The Morgan fingerprint density at radius 1 is 1.33 bits per heavy atom. The summed E-state index contributed by atoms with van der Waals surface area (Å²) >= 11 is 0. The fourth-order valence-corrected chi connectivity index (χ4v) is 3.51. The average Bonchev–Trinajstić information content (AvgIpc) is 3.01. The molecule has 2 rings (SSSR count). The topological polar surface area (TPSA) is 78.9 Å². The molecule has 1 heterocycles. The molecule has 0 aromatic rings. The number of fused-ring (bicyclic) bond motifs is 1. The molecule has 3 unspecified atom stereocenters. The molecule has 1 aliphatic carbocycles. The Kier molecular flexibility index (Phi) is 5.85. The number of carboxylic acid groups (broad SMARTS) is 1. The molecule has 6 heteroatoms. The number of hydrogen-bond acceptors (Lipinski definition) is 3. The van der Waals surface area contributed by atoms with E-state index in [2.05, 4.69) is 12.2 Å². The molecule has 3 atom stereocenters. The number of aliphatic carboxylic acids is 1. The number of carbonyl (C=O) groups is 2. The normalized spacial score (nSPS) is 27.7. The fraction of sp³-hybridized carbons (Fsp3) is 0.867. The summed E-state index contributed by atoms with van der Waals surface area (Å²) in [5.41, 5.74) is 0. The smallest absolute Gasteiger partial charge is 0.326 e. The first-order chi connectivity index (χ1) is 10.1. The summed E-state index contributed by atoms with van der Waals surface area (Å²) in [5.74, 6) is -0.384. The second-order valence-corrected chi connectivity index (χ2v) is 5.99. The van der Waals surface area contributed by atoms with E-state index in [0.717, 1.165) is 32.1 Å². The molecule has 6 nitrogen and oxygen atoms in total. The van der Waals surface area contributed by atoms with Crippen LogP contribution < -0.4 is 5.32 Å². The highest BCUT2D eigenvalue weighted by molar-refractivity contribution is 5.83. The van der Waals surface area contributed by atoms with Crippen LogP contribution in [0.15, 0.2) is 0 Å². The van der Waals surface area contributed by atoms with Crippen molar-refractivity contribution in [2.24, 2.45) is 11.8 Å². The van der Waals surface area contributed by atoms with Crippen LogP contribution in [0.25, 0.3) is 0 Å². The van der Waals surface area contributed by atoms with Gasteiger partial charge in [0.2, 0.25) is 0 Å². The Morgan fingerprint density at radius 3 is 2.86 bits per heavy atom. The van der Waals surface area contributed by atoms with Gasteiger partial charge >= 0.3 is 12.0 Å². The van der Waals surface area contributed by atoms with Crippen molar-refractivity contribution in [1.29, 1.82) is 0 Å². The number of likely N-dealkylation sites (tertiary alicyclic amines) is 1. The number of hydrogen-bond donors (Lipinski definition) is 2. The molecule has 2 N–H and O–H groups in total. The molecule has 1 saturated heterocycles. The van der Waals surface area contributed by atoms with Gasteiger partial charge < -0.3 is 20.1 Å². The van der Waals surface area contributed by atoms with Crippen LogP contribution in [0.1, 0.15) is 39.0 Å². The van der Waals surface area contributed by atoms with E-state index in [1.54, 1.807) is 0 Å². The Labute approximate surface area is 125 Å². The number of nitrogens with zero attached hydrogens (tertiary/aromatic N) is 1. The lowest BCUT2D eigenvalue weighted by Crippen LogP contribution is -2.48. The highest BCUT2D eigenvalue weighted by Crippen LogP contribution is 2.42. The van der Waals surface area contributed by atoms with Gasteiger partial charge in [0.15, 0.2) is 0 Å². The minimum Gasteiger partial charge on any atom is -0.480 e. The van der Waals surface area contributed by atoms with Crippen LogP contribution in [0.5, 0.6) is 0 Å². The van der Waals surface area contributed by atoms with Crippen LogP contribution in [-0.2, 0) is 9.53 Å². The van der Waals surface area contributed by atoms with Gasteiger partial charge in [0.1, 0.15) is 6.04 Å². The Bertz CT molecular complexity index is 375. The molecule has 120 valence electrons. The maximum Gasteiger partial charge on any atom is 0.326 e. The van der Waals surface area contributed by atoms with Crippen LogP contribution >= 0.6 is 0 Å². The molecular weight excluding hydrogens is 272 g/mol. The molecular formula is C15H26N2O4. The summed E-state index contributed by atoms with van der Waals surface area (Å²) in [6.07, 6.45) is 5.15. The Morgan fingerprint density at radius 2 is 2.14 bits per heavy atom. The SMILES string of the molecule is CCCCOCCNC(=O)N1CC2CCCC2C1C(=O)O. The number of carboxylic acids is 1. The number of rotatable bonds is 7. The third kappa shape index (κ3) is 3.87. The van der Waals surface area contributed by atoms with Gasteiger partial charge in [0, 0.05) is 19.7 Å². The molecule has 0 bridgehead atoms. The number of amides is 2. The first-order valence-electron chi connectivity index (χ1n) is 8.00. The van der Waals surface area contributed by atoms with Crippen molar-refractivity contribution in [3.63, 3.8) is 0 Å². The molecule has 0 aromatic heterocycles. The van der Waals surface area contributed by atoms with Crippen LogP contribution in [0.2, 0.25) is 0 Å². The first-order valence-corrected chi connectivity index (χ1v) is 8.00. The monoisotopic (exact) mass is 298 g/mol. The second-order valence-electron chi connectivity index (χ2n) is 5.99. The Balaban J connectivity index is 1.77. The van der Waals surface area contributed by atoms with Crippen molar-refractivity contribution >= 4 is 12.0 Å². The second kappa shape index (κ2) is 7.64. The van der Waals surface area contributed by atoms with Crippen molar-refractivity contribution in [2.45, 2.75) is 45.1 Å². The molecule has 0 radical (unpaired) electrons. The fourth-order valence-electron chi connectivity index (χ4n) is 3.51. The number of unbranched alkanes of at least 4 members (excludes halogenated alkanes) is 1. The lowest BCUT2D eigenvalue weighted by molar-refractivity contribution is -0.142. The summed E-state index contributed by atoms with van der Waals surface area (Å²) in [6.45, 7) is 4.29. The van der Waals surface area contributed by atoms with E-state index in [9.17, 15) is 14.7 Å². The zero-order valence-electron chi connectivity index (χ0n) is 12.7. The molecule has 2 amide bonds. The molecule has 2 fully saturated rings. The van der Waals surface area contributed by atoms with E-state index in [1.807, 2.05) is 0 Å². The molecule has 0 aromatic carbocycles. The molecule has 21 heavy (non-hydrogen) atoms. The van der Waals surface area contributed by atoms with Gasteiger partial charge in [-0.25, -0.2) is 9.59 Å². The summed E-state index contributed by atoms with van der Waals surface area (Å²) in [7, 11) is 0. The minimum atomic E-state index is -0.876. The van der Waals surface area contributed by atoms with Crippen molar-refractivity contribution in [2.75, 3.05) is 26.3 Å². The van der Waals surface area contributed by atoms with E-state index in [4.69, 9.17) is 4.74 Å². The van der Waals surface area contributed by atoms with Gasteiger partial charge in [-0.3, -0.25) is 0 Å². The highest BCUT2D eigenvalue weighted by Gasteiger charge is 2.49. The van der Waals surface area contributed by atoms with Crippen molar-refractivity contribution < 1.29 is 19.4 Å². The van der Waals surface area contributed by atoms with Gasteiger partial charge in [-0.15, -0.1) is 0 Å². The summed E-state index contributed by atoms with van der Waals surface area (Å²) < 4.78 is 5.39. The lowest BCUT2D eigenvalue weighted by Gasteiger charge is -2.24. The standard InChI is InChI=1S/C15H26N2O4/c1-2-3-8-21-9-7-16-15(20)17-10-11-5-4-6-12(11)13(17)14(18)19/h11-13H,2-10H2,1H3,(H,16,20)(H,18,19). The summed E-state index contributed by atoms with van der Waals surface area (Å²) in [6, 6.07) is -0.922. The number of urea groups is 1. The van der Waals surface area contributed by atoms with Crippen molar-refractivity contribution in [1.82, 2.24) is 10.2 Å². The van der Waals surface area contributed by atoms with Crippen molar-refractivity contribution in [3.8, 4) is 0 Å². The highest BCUT2D eigenvalue weighted by atomic mass is 16.5. The maximum atomic E-state index is 12.2. The molecule has 1 saturated carbocycles. The summed E-state index contributed by atoms with van der Waals surface area (Å²) in [5, 5.41) is 12.2. The van der Waals surface area contributed by atoms with Crippen LogP contribution in [0.3, 0.4) is 0 Å². The molecule has 2 aliphatic rings. The summed E-state index contributed by atoms with van der Waals surface area (Å²) in [4.78, 5) is 25.1. The van der Waals surface area contributed by atoms with Gasteiger partial charge in [0.05, 0.1) is 6.61 Å². The van der Waals surface area contributed by atoms with Crippen LogP contribution in [-0.4, -0.2) is 54.4 Å². The average molecular weight is 298 g/mol. The van der Waals surface area contributed by atoms with Crippen LogP contribution in [0, 0.1) is 11.8 Å². The van der Waals surface area contributed by atoms with Gasteiger partial charge in [-0.05, 0) is 31.1 Å². The molecule has 1 aliphatic heterocycles. The van der Waals surface area contributed by atoms with Crippen molar-refractivity contribution in [3.05, 3.63) is 0 Å². The van der Waals surface area contributed by atoms with E-state index in [1.165, 1.54) is 4.90 Å². The Hall–Kier alpha value is -1.30. The third-order valence-corrected chi connectivity index (χ3v) is 4.57. The van der Waals surface area contributed by atoms with Crippen LogP contribution in [0.4, 0.5) is 4.79 Å². The lowest BCUT2D eigenvalue weighted by atomic mass is 9.94. The van der Waals surface area contributed by atoms with Gasteiger partial charge in [-0.2, -0.15) is 0 Å². The zero-order valence-corrected chi connectivity index (χ0v) is 12.7. The predicted octanol–water partition coefficient (Wildman–Crippen LogP) is 1.70.